The normalized spacial score (nSPS) is 11.0. The van der Waals surface area contributed by atoms with Gasteiger partial charge in [-0.05, 0) is 26.2 Å². The third-order valence-electron chi connectivity index (χ3n) is 3.42. The molecule has 0 heterocycles. The molecule has 0 aliphatic rings. The Hall–Kier alpha value is -0.850. The van der Waals surface area contributed by atoms with E-state index in [0.717, 1.165) is 12.8 Å². The fourth-order valence-corrected chi connectivity index (χ4v) is 2.24. The lowest BCUT2D eigenvalue weighted by atomic mass is 10.0. The first-order valence-electron chi connectivity index (χ1n) is 8.04. The molecule has 0 rings (SSSR count). The number of Topliss-reactive ketones (excluding diaryl/α,β-unsaturated/α-hetero) is 1. The molecule has 0 saturated carbocycles. The first-order valence-corrected chi connectivity index (χ1v) is 8.04. The topological polar surface area (TPSA) is 17.1 Å². The van der Waals surface area contributed by atoms with Gasteiger partial charge in [-0.1, -0.05) is 76.2 Å². The molecule has 0 radical (unpaired) electrons. The summed E-state index contributed by atoms with van der Waals surface area (Å²) in [6.45, 7) is 5.35. The van der Waals surface area contributed by atoms with Crippen molar-refractivity contribution < 1.29 is 4.79 Å². The molecule has 0 aromatic rings. The summed E-state index contributed by atoms with van der Waals surface area (Å²) < 4.78 is 0. The van der Waals surface area contributed by atoms with Gasteiger partial charge in [0.05, 0.1) is 0 Å². The van der Waals surface area contributed by atoms with Gasteiger partial charge in [-0.25, -0.2) is 0 Å². The van der Waals surface area contributed by atoms with E-state index in [1.807, 2.05) is 12.2 Å². The van der Waals surface area contributed by atoms with Crippen LogP contribution in [0.2, 0.25) is 0 Å². The molecule has 0 bridgehead atoms. The summed E-state index contributed by atoms with van der Waals surface area (Å²) in [5.74, 6) is 0.336. The van der Waals surface area contributed by atoms with Crippen molar-refractivity contribution in [3.8, 4) is 0 Å². The molecule has 110 valence electrons. The molecule has 0 fully saturated rings. The predicted molar refractivity (Wildman–Crippen MR) is 85.4 cm³/mol. The van der Waals surface area contributed by atoms with E-state index in [1.54, 1.807) is 6.92 Å². The average Bonchev–Trinajstić information content (AvgIpc) is 2.39. The minimum absolute atomic E-state index is 0.336. The average molecular weight is 264 g/mol. The molecule has 0 aromatic heterocycles. The van der Waals surface area contributed by atoms with E-state index >= 15 is 0 Å². The Morgan fingerprint density at radius 2 is 1.32 bits per heavy atom. The first kappa shape index (κ1) is 18.1. The zero-order chi connectivity index (χ0) is 14.2. The minimum atomic E-state index is 0.336. The standard InChI is InChI=1S/C18H32O/c1-3-4-5-6-7-8-9-10-11-12-13-14-15-16-17-18(2)19/h3-5H,1,6-17H2,2H3. The Morgan fingerprint density at radius 1 is 0.842 bits per heavy atom. The maximum absolute atomic E-state index is 10.8. The van der Waals surface area contributed by atoms with E-state index in [0.29, 0.717) is 5.78 Å². The van der Waals surface area contributed by atoms with E-state index in [2.05, 4.69) is 12.7 Å². The second-order valence-electron chi connectivity index (χ2n) is 5.44. The zero-order valence-electron chi connectivity index (χ0n) is 12.8. The molecule has 0 atom stereocenters. The molecule has 0 spiro atoms. The summed E-state index contributed by atoms with van der Waals surface area (Å²) in [4.78, 5) is 10.8. The molecule has 0 saturated heterocycles. The van der Waals surface area contributed by atoms with E-state index in [-0.39, 0.29) is 0 Å². The fourth-order valence-electron chi connectivity index (χ4n) is 2.24. The lowest BCUT2D eigenvalue weighted by Crippen LogP contribution is -1.89. The second kappa shape index (κ2) is 15.2. The highest BCUT2D eigenvalue weighted by molar-refractivity contribution is 5.75. The Kier molecular flexibility index (Phi) is 14.5. The first-order chi connectivity index (χ1) is 9.27. The van der Waals surface area contributed by atoms with Crippen molar-refractivity contribution in [3.05, 3.63) is 24.8 Å². The predicted octanol–water partition coefficient (Wildman–Crippen LogP) is 6.00. The molecule has 19 heavy (non-hydrogen) atoms. The molecule has 1 heteroatoms. The van der Waals surface area contributed by atoms with Crippen LogP contribution >= 0.6 is 0 Å². The number of unbranched alkanes of at least 4 members (excludes halogenated alkanes) is 10. The van der Waals surface area contributed by atoms with Crippen LogP contribution in [0.4, 0.5) is 0 Å². The number of carbonyl (C=O) groups excluding carboxylic acids is 1. The van der Waals surface area contributed by atoms with Gasteiger partial charge in [-0.15, -0.1) is 0 Å². The second-order valence-corrected chi connectivity index (χ2v) is 5.44. The van der Waals surface area contributed by atoms with Gasteiger partial charge in [0.15, 0.2) is 0 Å². The van der Waals surface area contributed by atoms with Crippen molar-refractivity contribution in [1.82, 2.24) is 0 Å². The molecule has 0 aliphatic heterocycles. The van der Waals surface area contributed by atoms with Crippen molar-refractivity contribution in [2.24, 2.45) is 0 Å². The van der Waals surface area contributed by atoms with Crippen molar-refractivity contribution in [2.45, 2.75) is 84.0 Å². The summed E-state index contributed by atoms with van der Waals surface area (Å²) in [6.07, 6.45) is 21.2. The number of hydrogen-bond acceptors (Lipinski definition) is 1. The van der Waals surface area contributed by atoms with Crippen molar-refractivity contribution in [2.75, 3.05) is 0 Å². The van der Waals surface area contributed by atoms with Gasteiger partial charge in [0, 0.05) is 6.42 Å². The van der Waals surface area contributed by atoms with Gasteiger partial charge in [0.25, 0.3) is 0 Å². The van der Waals surface area contributed by atoms with Gasteiger partial charge in [-0.2, -0.15) is 0 Å². The van der Waals surface area contributed by atoms with Gasteiger partial charge in [0.1, 0.15) is 5.78 Å². The molecule has 0 aromatic carbocycles. The van der Waals surface area contributed by atoms with Crippen LogP contribution in [0.15, 0.2) is 24.8 Å². The Balaban J connectivity index is 3.00. The third kappa shape index (κ3) is 17.1. The van der Waals surface area contributed by atoms with Gasteiger partial charge < -0.3 is 4.79 Å². The number of ketones is 1. The summed E-state index contributed by atoms with van der Waals surface area (Å²) in [6, 6.07) is 0. The van der Waals surface area contributed by atoms with Crippen molar-refractivity contribution in [3.63, 3.8) is 0 Å². The van der Waals surface area contributed by atoms with Crippen LogP contribution in [-0.2, 0) is 4.79 Å². The third-order valence-corrected chi connectivity index (χ3v) is 3.42. The molecule has 1 nitrogen and oxygen atoms in total. The Bertz CT molecular complexity index is 240. The van der Waals surface area contributed by atoms with Crippen LogP contribution in [0.3, 0.4) is 0 Å². The van der Waals surface area contributed by atoms with E-state index < -0.39 is 0 Å². The molecule has 0 aliphatic carbocycles. The van der Waals surface area contributed by atoms with E-state index in [4.69, 9.17) is 0 Å². The van der Waals surface area contributed by atoms with Gasteiger partial charge in [0.2, 0.25) is 0 Å². The highest BCUT2D eigenvalue weighted by atomic mass is 16.1. The van der Waals surface area contributed by atoms with Crippen LogP contribution in [0.5, 0.6) is 0 Å². The maximum atomic E-state index is 10.8. The molecule has 0 N–H and O–H groups in total. The maximum Gasteiger partial charge on any atom is 0.129 e. The molecule has 0 unspecified atom stereocenters. The Morgan fingerprint density at radius 3 is 1.79 bits per heavy atom. The summed E-state index contributed by atoms with van der Waals surface area (Å²) in [7, 11) is 0. The lowest BCUT2D eigenvalue weighted by Gasteiger charge is -2.02. The number of carbonyl (C=O) groups is 1. The van der Waals surface area contributed by atoms with Crippen LogP contribution in [0.25, 0.3) is 0 Å². The Labute approximate surface area is 120 Å². The van der Waals surface area contributed by atoms with Gasteiger partial charge >= 0.3 is 0 Å². The lowest BCUT2D eigenvalue weighted by molar-refractivity contribution is -0.117. The summed E-state index contributed by atoms with van der Waals surface area (Å²) in [5, 5.41) is 0. The molecular weight excluding hydrogens is 232 g/mol. The van der Waals surface area contributed by atoms with E-state index in [9.17, 15) is 4.79 Å². The van der Waals surface area contributed by atoms with Crippen LogP contribution in [-0.4, -0.2) is 5.78 Å². The SMILES string of the molecule is C=CC=CCCCCCCCCCCCCC(C)=O. The minimum Gasteiger partial charge on any atom is -0.300 e. The molecule has 0 amide bonds. The zero-order valence-corrected chi connectivity index (χ0v) is 12.8. The highest BCUT2D eigenvalue weighted by Crippen LogP contribution is 2.12. The quantitative estimate of drug-likeness (QED) is 0.278. The number of hydrogen-bond donors (Lipinski definition) is 0. The van der Waals surface area contributed by atoms with Crippen molar-refractivity contribution in [1.29, 1.82) is 0 Å². The smallest absolute Gasteiger partial charge is 0.129 e. The van der Waals surface area contributed by atoms with E-state index in [1.165, 1.54) is 64.2 Å². The molecular formula is C18H32O. The summed E-state index contributed by atoms with van der Waals surface area (Å²) in [5.41, 5.74) is 0. The monoisotopic (exact) mass is 264 g/mol. The van der Waals surface area contributed by atoms with Crippen molar-refractivity contribution >= 4 is 5.78 Å². The highest BCUT2D eigenvalue weighted by Gasteiger charge is 1.95. The number of rotatable bonds is 14. The summed E-state index contributed by atoms with van der Waals surface area (Å²) >= 11 is 0. The van der Waals surface area contributed by atoms with Crippen LogP contribution in [0.1, 0.15) is 84.0 Å². The largest absolute Gasteiger partial charge is 0.300 e. The van der Waals surface area contributed by atoms with Crippen LogP contribution in [0, 0.1) is 0 Å². The van der Waals surface area contributed by atoms with Crippen LogP contribution < -0.4 is 0 Å². The number of allylic oxidation sites excluding steroid dienone is 3. The fraction of sp³-hybridized carbons (Fsp3) is 0.722. The van der Waals surface area contributed by atoms with Gasteiger partial charge in [-0.3, -0.25) is 0 Å².